The molecule has 0 saturated carbocycles. The van der Waals surface area contributed by atoms with Crippen LogP contribution >= 0.6 is 15.9 Å². The highest BCUT2D eigenvalue weighted by Gasteiger charge is 2.10. The van der Waals surface area contributed by atoms with Crippen LogP contribution in [0, 0.1) is 0 Å². The molecule has 2 aromatic carbocycles. The highest BCUT2D eigenvalue weighted by molar-refractivity contribution is 9.10. The van der Waals surface area contributed by atoms with E-state index in [9.17, 15) is 0 Å². The first kappa shape index (κ1) is 11.6. The fourth-order valence-corrected chi connectivity index (χ4v) is 3.01. The lowest BCUT2D eigenvalue weighted by atomic mass is 10.0. The Morgan fingerprint density at radius 3 is 2.85 bits per heavy atom. The summed E-state index contributed by atoms with van der Waals surface area (Å²) in [6, 6.07) is 16.4. The number of fused-ring (bicyclic) bond motifs is 2. The Morgan fingerprint density at radius 2 is 1.90 bits per heavy atom. The molecule has 3 nitrogen and oxygen atoms in total. The maximum absolute atomic E-state index is 4.53. The zero-order valence-electron chi connectivity index (χ0n) is 10.5. The average molecular weight is 324 g/mol. The van der Waals surface area contributed by atoms with E-state index in [0.717, 1.165) is 37.5 Å². The summed E-state index contributed by atoms with van der Waals surface area (Å²) in [5.41, 5.74) is 4.25. The monoisotopic (exact) mass is 323 g/mol. The summed E-state index contributed by atoms with van der Waals surface area (Å²) in [5, 5.41) is 9.46. The lowest BCUT2D eigenvalue weighted by Crippen LogP contribution is -1.84. The maximum Gasteiger partial charge on any atom is 0.136 e. The van der Waals surface area contributed by atoms with Gasteiger partial charge in [-0.1, -0.05) is 30.3 Å². The first-order valence-corrected chi connectivity index (χ1v) is 7.10. The number of aromatic amines is 1. The molecule has 20 heavy (non-hydrogen) atoms. The van der Waals surface area contributed by atoms with Crippen molar-refractivity contribution in [3.8, 4) is 11.1 Å². The molecule has 0 fully saturated rings. The van der Waals surface area contributed by atoms with Crippen molar-refractivity contribution in [1.82, 2.24) is 15.2 Å². The Bertz CT molecular complexity index is 927. The number of benzene rings is 2. The highest BCUT2D eigenvalue weighted by atomic mass is 79.9. The molecule has 4 rings (SSSR count). The fraction of sp³-hybridized carbons (Fsp3) is 0. The Hall–Kier alpha value is -2.20. The van der Waals surface area contributed by atoms with E-state index >= 15 is 0 Å². The van der Waals surface area contributed by atoms with Crippen molar-refractivity contribution in [1.29, 1.82) is 0 Å². The maximum atomic E-state index is 4.53. The van der Waals surface area contributed by atoms with Crippen LogP contribution in [0.1, 0.15) is 0 Å². The Morgan fingerprint density at radius 1 is 1.00 bits per heavy atom. The number of para-hydroxylation sites is 1. The fourth-order valence-electron chi connectivity index (χ4n) is 2.49. The molecule has 96 valence electrons. The minimum absolute atomic E-state index is 0.830. The summed E-state index contributed by atoms with van der Waals surface area (Å²) in [4.78, 5) is 4.53. The van der Waals surface area contributed by atoms with E-state index < -0.39 is 0 Å². The molecule has 2 aromatic heterocycles. The molecular formula is C16H10BrN3. The summed E-state index contributed by atoms with van der Waals surface area (Å²) in [6.07, 6.45) is 1.91. The molecule has 2 heterocycles. The van der Waals surface area contributed by atoms with Crippen molar-refractivity contribution in [3.63, 3.8) is 0 Å². The predicted molar refractivity (Wildman–Crippen MR) is 84.5 cm³/mol. The number of halogens is 1. The van der Waals surface area contributed by atoms with E-state index in [0.29, 0.717) is 0 Å². The van der Waals surface area contributed by atoms with Crippen LogP contribution in [0.3, 0.4) is 0 Å². The van der Waals surface area contributed by atoms with Crippen molar-refractivity contribution in [2.75, 3.05) is 0 Å². The standard InChI is InChI=1S/C16H10BrN3/c17-16-15-12(5-3-7-14(15)19-20-16)11-8-10-4-1-2-6-13(10)18-9-11/h1-9H,(H,19,20). The van der Waals surface area contributed by atoms with Crippen molar-refractivity contribution < 1.29 is 0 Å². The third kappa shape index (κ3) is 1.72. The lowest BCUT2D eigenvalue weighted by molar-refractivity contribution is 1.10. The molecular weight excluding hydrogens is 314 g/mol. The summed E-state index contributed by atoms with van der Waals surface area (Å²) in [7, 11) is 0. The summed E-state index contributed by atoms with van der Waals surface area (Å²) >= 11 is 3.50. The average Bonchev–Trinajstić information content (AvgIpc) is 2.88. The third-order valence-corrected chi connectivity index (χ3v) is 4.02. The minimum atomic E-state index is 0.830. The van der Waals surface area contributed by atoms with Crippen molar-refractivity contribution in [2.45, 2.75) is 0 Å². The van der Waals surface area contributed by atoms with E-state index in [1.54, 1.807) is 0 Å². The van der Waals surface area contributed by atoms with Gasteiger partial charge in [-0.2, -0.15) is 5.10 Å². The van der Waals surface area contributed by atoms with E-state index in [4.69, 9.17) is 0 Å². The van der Waals surface area contributed by atoms with E-state index in [1.165, 1.54) is 0 Å². The molecule has 0 atom stereocenters. The number of hydrogen-bond donors (Lipinski definition) is 1. The summed E-state index contributed by atoms with van der Waals surface area (Å²) in [5.74, 6) is 0. The molecule has 0 saturated heterocycles. The number of hydrogen-bond acceptors (Lipinski definition) is 2. The van der Waals surface area contributed by atoms with E-state index in [2.05, 4.69) is 49.3 Å². The number of aromatic nitrogens is 3. The first-order valence-electron chi connectivity index (χ1n) is 6.31. The Labute approximate surface area is 123 Å². The second kappa shape index (κ2) is 4.42. The minimum Gasteiger partial charge on any atom is -0.277 e. The molecule has 4 heteroatoms. The Balaban J connectivity index is 2.03. The van der Waals surface area contributed by atoms with Gasteiger partial charge in [0.05, 0.1) is 11.0 Å². The second-order valence-electron chi connectivity index (χ2n) is 4.66. The van der Waals surface area contributed by atoms with Crippen LogP contribution in [0.15, 0.2) is 59.3 Å². The SMILES string of the molecule is Brc1n[nH]c2cccc(-c3cnc4ccccc4c3)c12. The van der Waals surface area contributed by atoms with Gasteiger partial charge in [-0.3, -0.25) is 10.1 Å². The predicted octanol–water partition coefficient (Wildman–Crippen LogP) is 4.54. The van der Waals surface area contributed by atoms with Crippen LogP contribution in [0.5, 0.6) is 0 Å². The van der Waals surface area contributed by atoms with Crippen molar-refractivity contribution in [3.05, 3.63) is 59.3 Å². The lowest BCUT2D eigenvalue weighted by Gasteiger charge is -2.05. The summed E-state index contributed by atoms with van der Waals surface area (Å²) < 4.78 is 0.830. The molecule has 1 N–H and O–H groups in total. The molecule has 4 aromatic rings. The van der Waals surface area contributed by atoms with Crippen LogP contribution in [0.4, 0.5) is 0 Å². The molecule has 0 amide bonds. The van der Waals surface area contributed by atoms with Crippen LogP contribution in [0.25, 0.3) is 32.9 Å². The summed E-state index contributed by atoms with van der Waals surface area (Å²) in [6.45, 7) is 0. The van der Waals surface area contributed by atoms with Gasteiger partial charge < -0.3 is 0 Å². The zero-order valence-corrected chi connectivity index (χ0v) is 12.1. The van der Waals surface area contributed by atoms with Crippen LogP contribution in [-0.2, 0) is 0 Å². The van der Waals surface area contributed by atoms with Gasteiger partial charge >= 0.3 is 0 Å². The zero-order chi connectivity index (χ0) is 13.5. The highest BCUT2D eigenvalue weighted by Crippen LogP contribution is 2.33. The van der Waals surface area contributed by atoms with Crippen molar-refractivity contribution >= 4 is 37.7 Å². The number of nitrogens with one attached hydrogen (secondary N) is 1. The molecule has 0 unspecified atom stereocenters. The quantitative estimate of drug-likeness (QED) is 0.558. The van der Waals surface area contributed by atoms with Gasteiger partial charge in [0.25, 0.3) is 0 Å². The molecule has 0 aliphatic rings. The van der Waals surface area contributed by atoms with Gasteiger partial charge in [0.2, 0.25) is 0 Å². The third-order valence-electron chi connectivity index (χ3n) is 3.45. The second-order valence-corrected chi connectivity index (χ2v) is 5.41. The van der Waals surface area contributed by atoms with Gasteiger partial charge in [-0.25, -0.2) is 0 Å². The number of rotatable bonds is 1. The van der Waals surface area contributed by atoms with E-state index in [1.807, 2.05) is 36.5 Å². The molecule has 0 spiro atoms. The van der Waals surface area contributed by atoms with Crippen LogP contribution in [0.2, 0.25) is 0 Å². The topological polar surface area (TPSA) is 41.6 Å². The number of H-pyrrole nitrogens is 1. The van der Waals surface area contributed by atoms with E-state index in [-0.39, 0.29) is 0 Å². The molecule has 0 radical (unpaired) electrons. The molecule has 0 bridgehead atoms. The normalized spacial score (nSPS) is 11.2. The molecule has 0 aliphatic carbocycles. The van der Waals surface area contributed by atoms with Gasteiger partial charge in [0.15, 0.2) is 0 Å². The Kier molecular flexibility index (Phi) is 2.57. The first-order chi connectivity index (χ1) is 9.83. The van der Waals surface area contributed by atoms with Gasteiger partial charge in [0, 0.05) is 22.5 Å². The molecule has 0 aliphatic heterocycles. The smallest absolute Gasteiger partial charge is 0.136 e. The van der Waals surface area contributed by atoms with Crippen LogP contribution < -0.4 is 0 Å². The van der Waals surface area contributed by atoms with Gasteiger partial charge in [-0.15, -0.1) is 0 Å². The van der Waals surface area contributed by atoms with Gasteiger partial charge in [0.1, 0.15) is 4.60 Å². The van der Waals surface area contributed by atoms with Crippen molar-refractivity contribution in [2.24, 2.45) is 0 Å². The van der Waals surface area contributed by atoms with Crippen LogP contribution in [-0.4, -0.2) is 15.2 Å². The van der Waals surface area contributed by atoms with Gasteiger partial charge in [-0.05, 0) is 39.7 Å². The largest absolute Gasteiger partial charge is 0.277 e. The number of pyridine rings is 1. The number of nitrogens with zero attached hydrogens (tertiary/aromatic N) is 2.